The second kappa shape index (κ2) is 34.7. The van der Waals surface area contributed by atoms with Crippen molar-refractivity contribution < 1.29 is 42.7 Å². The Hall–Kier alpha value is -5.38. The smallest absolute Gasteiger partial charge is 0.188 e. The third kappa shape index (κ3) is 21.2. The molecule has 0 unspecified atom stereocenters. The van der Waals surface area contributed by atoms with Gasteiger partial charge in [-0.25, -0.2) is 29.9 Å². The monoisotopic (exact) mass is 1230 g/mol. The molecule has 0 amide bonds. The minimum absolute atomic E-state index is 0.0241. The second-order valence-corrected chi connectivity index (χ2v) is 23.1. The van der Waals surface area contributed by atoms with E-state index in [4.69, 9.17) is 66.3 Å². The molecule has 2 saturated heterocycles. The predicted octanol–water partition coefficient (Wildman–Crippen LogP) is 8.51. The summed E-state index contributed by atoms with van der Waals surface area (Å²) in [5.41, 5.74) is 3.66. The predicted molar refractivity (Wildman–Crippen MR) is 330 cm³/mol. The van der Waals surface area contributed by atoms with Crippen LogP contribution in [0.5, 0.6) is 0 Å². The van der Waals surface area contributed by atoms with Gasteiger partial charge in [0.15, 0.2) is 21.8 Å². The van der Waals surface area contributed by atoms with Crippen molar-refractivity contribution in [2.45, 2.75) is 47.0 Å². The van der Waals surface area contributed by atoms with Crippen LogP contribution < -0.4 is 20.4 Å². The number of piperazine rings is 2. The minimum atomic E-state index is -0.0269. The lowest BCUT2D eigenvalue weighted by molar-refractivity contribution is -0.0212. The maximum absolute atomic E-state index is 13.1. The summed E-state index contributed by atoms with van der Waals surface area (Å²) in [5.74, 6) is 4.27. The molecule has 2 aliphatic rings. The van der Waals surface area contributed by atoms with Gasteiger partial charge in [-0.3, -0.25) is 19.4 Å². The average Bonchev–Trinajstić information content (AvgIpc) is 3.93. The maximum atomic E-state index is 13.1. The summed E-state index contributed by atoms with van der Waals surface area (Å²) in [6, 6.07) is 15.2. The minimum Gasteiger partial charge on any atom is -0.379 e. The van der Waals surface area contributed by atoms with Crippen molar-refractivity contribution in [3.05, 3.63) is 115 Å². The summed E-state index contributed by atoms with van der Waals surface area (Å²) in [4.78, 5) is 64.1. The highest BCUT2D eigenvalue weighted by atomic mass is 35.5. The van der Waals surface area contributed by atoms with E-state index < -0.39 is 0 Å². The van der Waals surface area contributed by atoms with Crippen LogP contribution in [0.1, 0.15) is 59.7 Å². The number of aryl methyl sites for hydroxylation is 4. The number of ketones is 2. The molecule has 84 heavy (non-hydrogen) atoms. The van der Waals surface area contributed by atoms with Gasteiger partial charge in [-0.2, -0.15) is 0 Å². The standard InChI is InChI=1S/C59H78Cl2N12O9S2/c1-42-8-5-10-48(60)46(42)36-50(74)52-40-62-58(83-52)68-54-38-56(66-44(3)64-54)72-17-13-70(14-18-72)12-7-22-76-24-26-78-28-30-80-32-34-82-35-33-81-31-29-79-27-25-77-23-21-71-15-19-73(20-16-71)57-39-55(65-45(4)67-57)69-59-63-41-53(84-59)51(75)37-47-43(2)9-6-11-49(47)61/h5-6,8-11,38-41H,7,12-37H2,1-4H3,(H,62,64,66,68)(H,63,65,67,69). The third-order valence-corrected chi connectivity index (χ3v) is 16.6. The topological polar surface area (TPSA) is 213 Å². The van der Waals surface area contributed by atoms with Crippen LogP contribution in [0.3, 0.4) is 0 Å². The molecule has 2 aromatic carbocycles. The number of nitrogens with one attached hydrogen (secondary N) is 2. The Morgan fingerprint density at radius 2 is 0.857 bits per heavy atom. The van der Waals surface area contributed by atoms with E-state index in [-0.39, 0.29) is 24.4 Å². The van der Waals surface area contributed by atoms with Crippen LogP contribution in [-0.2, 0) is 46.0 Å². The lowest BCUT2D eigenvalue weighted by Gasteiger charge is -2.35. The fourth-order valence-electron chi connectivity index (χ4n) is 9.38. The van der Waals surface area contributed by atoms with Gasteiger partial charge >= 0.3 is 0 Å². The van der Waals surface area contributed by atoms with Crippen LogP contribution in [-0.4, -0.2) is 209 Å². The van der Waals surface area contributed by atoms with Gasteiger partial charge in [-0.05, 0) is 68.5 Å². The molecule has 25 heteroatoms. The van der Waals surface area contributed by atoms with Crippen molar-refractivity contribution >= 4 is 91.0 Å². The molecular weight excluding hydrogens is 1160 g/mol. The van der Waals surface area contributed by atoms with E-state index in [1.54, 1.807) is 12.4 Å². The fourth-order valence-corrected chi connectivity index (χ4v) is 11.5. The number of ether oxygens (including phenoxy) is 7. The second-order valence-electron chi connectivity index (χ2n) is 20.2. The molecule has 0 radical (unpaired) electrons. The maximum Gasteiger partial charge on any atom is 0.188 e. The van der Waals surface area contributed by atoms with Crippen LogP contribution in [0.4, 0.5) is 33.5 Å². The first kappa shape index (κ1) is 64.6. The number of thiazole rings is 2. The number of carbonyl (C=O) groups excluding carboxylic acids is 2. The number of aromatic nitrogens is 6. The number of anilines is 6. The van der Waals surface area contributed by atoms with Gasteiger partial charge < -0.3 is 53.6 Å². The Morgan fingerprint density at radius 3 is 1.25 bits per heavy atom. The fraction of sp³-hybridized carbons (Fsp3) is 0.525. The van der Waals surface area contributed by atoms with Crippen molar-refractivity contribution in [3.63, 3.8) is 0 Å². The van der Waals surface area contributed by atoms with Gasteiger partial charge in [0, 0.05) is 107 Å². The molecule has 454 valence electrons. The molecule has 0 bridgehead atoms. The normalized spacial score (nSPS) is 14.2. The van der Waals surface area contributed by atoms with Crippen LogP contribution in [0, 0.1) is 27.7 Å². The Morgan fingerprint density at radius 1 is 0.488 bits per heavy atom. The summed E-state index contributed by atoms with van der Waals surface area (Å²) in [5, 5.41) is 8.94. The van der Waals surface area contributed by atoms with Gasteiger partial charge in [0.05, 0.1) is 108 Å². The summed E-state index contributed by atoms with van der Waals surface area (Å²) in [7, 11) is 0. The molecule has 6 aromatic rings. The van der Waals surface area contributed by atoms with Gasteiger partial charge in [-0.1, -0.05) is 70.1 Å². The zero-order valence-corrected chi connectivity index (χ0v) is 51.7. The molecule has 0 aliphatic carbocycles. The molecule has 4 aromatic heterocycles. The molecular formula is C59H78Cl2N12O9S2. The summed E-state index contributed by atoms with van der Waals surface area (Å²) in [6.45, 7) is 23.9. The number of carbonyl (C=O) groups is 2. The Kier molecular flexibility index (Phi) is 26.7. The van der Waals surface area contributed by atoms with Crippen LogP contribution in [0.25, 0.3) is 0 Å². The molecule has 2 aliphatic heterocycles. The van der Waals surface area contributed by atoms with Crippen molar-refractivity contribution in [2.75, 3.05) is 178 Å². The first-order valence-corrected chi connectivity index (χ1v) is 31.0. The highest BCUT2D eigenvalue weighted by Gasteiger charge is 2.23. The van der Waals surface area contributed by atoms with E-state index in [0.717, 1.165) is 106 Å². The SMILES string of the molecule is Cc1nc(Nc2ncc(C(=O)Cc3c(C)cccc3Cl)s2)cc(N2CCN(CCCOCCOCCOCCOCCOCCOCCOCCN3CCN(c4cc(Nc5ncc(C(=O)Cc6c(C)cccc6Cl)s5)nc(C)n4)CC3)CC2)n1. The van der Waals surface area contributed by atoms with Gasteiger partial charge in [-0.15, -0.1) is 0 Å². The average molecular weight is 1230 g/mol. The number of nitrogens with zero attached hydrogens (tertiary/aromatic N) is 10. The van der Waals surface area contributed by atoms with E-state index in [0.29, 0.717) is 146 Å². The Labute approximate surface area is 510 Å². The molecule has 21 nitrogen and oxygen atoms in total. The molecule has 2 N–H and O–H groups in total. The molecule has 0 atom stereocenters. The number of hydrogen-bond donors (Lipinski definition) is 2. The van der Waals surface area contributed by atoms with Crippen molar-refractivity contribution in [3.8, 4) is 0 Å². The van der Waals surface area contributed by atoms with Gasteiger partial charge in [0.1, 0.15) is 34.9 Å². The number of benzene rings is 2. The molecule has 0 spiro atoms. The van der Waals surface area contributed by atoms with Gasteiger partial charge in [0.2, 0.25) is 0 Å². The van der Waals surface area contributed by atoms with Crippen LogP contribution in [0.2, 0.25) is 10.0 Å². The number of hydrogen-bond acceptors (Lipinski definition) is 23. The Bertz CT molecular complexity index is 2760. The van der Waals surface area contributed by atoms with Crippen molar-refractivity contribution in [1.82, 2.24) is 39.7 Å². The molecule has 8 rings (SSSR count). The molecule has 6 heterocycles. The van der Waals surface area contributed by atoms with Crippen molar-refractivity contribution in [2.24, 2.45) is 0 Å². The quantitative estimate of drug-likeness (QED) is 0.0276. The Balaban J connectivity index is 0.552. The van der Waals surface area contributed by atoms with E-state index in [1.807, 2.05) is 76.2 Å². The summed E-state index contributed by atoms with van der Waals surface area (Å²) >= 11 is 15.3. The zero-order valence-electron chi connectivity index (χ0n) is 48.6. The van der Waals surface area contributed by atoms with E-state index in [9.17, 15) is 9.59 Å². The number of rotatable bonds is 37. The largest absolute Gasteiger partial charge is 0.379 e. The van der Waals surface area contributed by atoms with Crippen LogP contribution in [0.15, 0.2) is 60.9 Å². The number of halogens is 2. The lowest BCUT2D eigenvalue weighted by Crippen LogP contribution is -2.47. The first-order chi connectivity index (χ1) is 40.9. The van der Waals surface area contributed by atoms with E-state index in [2.05, 4.69) is 50.2 Å². The highest BCUT2D eigenvalue weighted by Crippen LogP contribution is 2.30. The number of Topliss-reactive ketones (excluding diaryl/α,β-unsaturated/α-hetero) is 2. The van der Waals surface area contributed by atoms with Crippen molar-refractivity contribution in [1.29, 1.82) is 0 Å². The third-order valence-electron chi connectivity index (χ3n) is 14.0. The zero-order chi connectivity index (χ0) is 58.9. The lowest BCUT2D eigenvalue weighted by atomic mass is 10.0. The van der Waals surface area contributed by atoms with Gasteiger partial charge in [0.25, 0.3) is 0 Å². The summed E-state index contributed by atoms with van der Waals surface area (Å²) < 4.78 is 39.9. The molecule has 2 fully saturated rings. The highest BCUT2D eigenvalue weighted by molar-refractivity contribution is 7.17. The van der Waals surface area contributed by atoms with E-state index in [1.165, 1.54) is 22.7 Å². The summed E-state index contributed by atoms with van der Waals surface area (Å²) in [6.07, 6.45) is 4.61. The van der Waals surface area contributed by atoms with Crippen LogP contribution >= 0.6 is 45.9 Å². The molecule has 0 saturated carbocycles. The van der Waals surface area contributed by atoms with E-state index >= 15 is 0 Å². The first-order valence-electron chi connectivity index (χ1n) is 28.6.